The lowest BCUT2D eigenvalue weighted by molar-refractivity contribution is 0.0958. The maximum absolute atomic E-state index is 11.6. The number of nitrogens with one attached hydrogen (secondary N) is 1. The van der Waals surface area contributed by atoms with Crippen LogP contribution in [0.1, 0.15) is 36.7 Å². The van der Waals surface area contributed by atoms with E-state index in [1.165, 1.54) is 5.56 Å². The quantitative estimate of drug-likeness (QED) is 0.754. The first kappa shape index (κ1) is 12.3. The minimum absolute atomic E-state index is 0.105. The van der Waals surface area contributed by atoms with Crippen LogP contribution >= 0.6 is 0 Å². The van der Waals surface area contributed by atoms with E-state index in [2.05, 4.69) is 32.0 Å². The maximum Gasteiger partial charge on any atom is 0.252 e. The maximum atomic E-state index is 11.6. The van der Waals surface area contributed by atoms with Gasteiger partial charge in [0.05, 0.1) is 6.54 Å². The average molecular weight is 215 g/mol. The Bertz CT molecular complexity index is 404. The van der Waals surface area contributed by atoms with Crippen LogP contribution in [0.3, 0.4) is 0 Å². The first-order valence-corrected chi connectivity index (χ1v) is 5.27. The zero-order valence-electron chi connectivity index (χ0n) is 10.0. The second kappa shape index (κ2) is 4.85. The van der Waals surface area contributed by atoms with Crippen LogP contribution in [0.25, 0.3) is 0 Å². The molecule has 0 radical (unpaired) electrons. The molecule has 0 aromatic heterocycles. The molecule has 0 fully saturated rings. The van der Waals surface area contributed by atoms with Gasteiger partial charge in [-0.3, -0.25) is 4.79 Å². The molecule has 1 N–H and O–H groups in total. The van der Waals surface area contributed by atoms with Crippen LogP contribution in [-0.2, 0) is 5.41 Å². The number of hydrogen-bond donors (Lipinski definition) is 1. The molecule has 0 aliphatic heterocycles. The Balaban J connectivity index is 2.80. The fraction of sp³-hybridized carbons (Fsp3) is 0.357. The Labute approximate surface area is 97.1 Å². The molecule has 1 aromatic carbocycles. The first-order valence-electron chi connectivity index (χ1n) is 5.27. The molecule has 0 heterocycles. The normalized spacial score (nSPS) is 10.6. The third-order valence-corrected chi connectivity index (χ3v) is 2.36. The molecule has 2 nitrogen and oxygen atoms in total. The van der Waals surface area contributed by atoms with E-state index in [0.29, 0.717) is 5.56 Å². The number of carbonyl (C=O) groups is 1. The molecule has 16 heavy (non-hydrogen) atoms. The van der Waals surface area contributed by atoms with E-state index in [1.54, 1.807) is 0 Å². The molecule has 0 atom stereocenters. The zero-order chi connectivity index (χ0) is 12.2. The van der Waals surface area contributed by atoms with Gasteiger partial charge in [0.2, 0.25) is 0 Å². The van der Waals surface area contributed by atoms with Gasteiger partial charge >= 0.3 is 0 Å². The monoisotopic (exact) mass is 215 g/mol. The third kappa shape index (κ3) is 3.13. The van der Waals surface area contributed by atoms with Gasteiger partial charge in [-0.2, -0.15) is 0 Å². The number of benzene rings is 1. The van der Waals surface area contributed by atoms with Gasteiger partial charge in [0.1, 0.15) is 0 Å². The minimum Gasteiger partial charge on any atom is -0.341 e. The Kier molecular flexibility index (Phi) is 3.73. The highest BCUT2D eigenvalue weighted by atomic mass is 16.1. The Morgan fingerprint density at radius 2 is 1.88 bits per heavy atom. The van der Waals surface area contributed by atoms with E-state index in [0.717, 1.165) is 0 Å². The summed E-state index contributed by atoms with van der Waals surface area (Å²) in [6.07, 6.45) is 5.07. The zero-order valence-corrected chi connectivity index (χ0v) is 10.0. The van der Waals surface area contributed by atoms with Crippen LogP contribution in [0, 0.1) is 12.3 Å². The molecule has 2 heteroatoms. The summed E-state index contributed by atoms with van der Waals surface area (Å²) in [6, 6.07) is 7.61. The topological polar surface area (TPSA) is 29.1 Å². The Morgan fingerprint density at radius 1 is 1.31 bits per heavy atom. The summed E-state index contributed by atoms with van der Waals surface area (Å²) in [6.45, 7) is 6.68. The second-order valence-electron chi connectivity index (χ2n) is 4.71. The molecule has 0 bridgehead atoms. The second-order valence-corrected chi connectivity index (χ2v) is 4.71. The molecular weight excluding hydrogens is 198 g/mol. The van der Waals surface area contributed by atoms with E-state index < -0.39 is 0 Å². The fourth-order valence-corrected chi connectivity index (χ4v) is 1.35. The number of carbonyl (C=O) groups excluding carboxylic acids is 1. The van der Waals surface area contributed by atoms with Crippen molar-refractivity contribution in [2.45, 2.75) is 26.2 Å². The van der Waals surface area contributed by atoms with Gasteiger partial charge in [0.15, 0.2) is 0 Å². The third-order valence-electron chi connectivity index (χ3n) is 2.36. The summed E-state index contributed by atoms with van der Waals surface area (Å²) in [7, 11) is 0. The summed E-state index contributed by atoms with van der Waals surface area (Å²) in [5.41, 5.74) is 1.96. The molecule has 84 valence electrons. The molecule has 0 aliphatic rings. The van der Waals surface area contributed by atoms with Crippen LogP contribution in [0.2, 0.25) is 0 Å². The van der Waals surface area contributed by atoms with Crippen molar-refractivity contribution in [3.63, 3.8) is 0 Å². The predicted molar refractivity (Wildman–Crippen MR) is 66.3 cm³/mol. The fourth-order valence-electron chi connectivity index (χ4n) is 1.35. The highest BCUT2D eigenvalue weighted by molar-refractivity contribution is 5.94. The largest absolute Gasteiger partial charge is 0.341 e. The summed E-state index contributed by atoms with van der Waals surface area (Å²) < 4.78 is 0. The number of hydrogen-bond acceptors (Lipinski definition) is 1. The summed E-state index contributed by atoms with van der Waals surface area (Å²) in [5, 5.41) is 2.63. The van der Waals surface area contributed by atoms with Gasteiger partial charge < -0.3 is 5.32 Å². The van der Waals surface area contributed by atoms with E-state index in [1.807, 2.05) is 24.3 Å². The number of rotatable bonds is 2. The Hall–Kier alpha value is -1.75. The molecular formula is C14H17NO. The van der Waals surface area contributed by atoms with Crippen molar-refractivity contribution in [1.82, 2.24) is 5.32 Å². The van der Waals surface area contributed by atoms with Crippen LogP contribution in [0.15, 0.2) is 24.3 Å². The lowest BCUT2D eigenvalue weighted by Gasteiger charge is -2.18. The standard InChI is InChI=1S/C14H17NO/c1-5-10-15-13(16)11-6-8-12(9-7-11)14(2,3)4/h1,6-9H,10H2,2-4H3,(H,15,16). The summed E-state index contributed by atoms with van der Waals surface area (Å²) in [4.78, 5) is 11.6. The van der Waals surface area contributed by atoms with E-state index in [4.69, 9.17) is 6.42 Å². The van der Waals surface area contributed by atoms with Gasteiger partial charge in [-0.05, 0) is 23.1 Å². The molecule has 1 aromatic rings. The van der Waals surface area contributed by atoms with Crippen molar-refractivity contribution < 1.29 is 4.79 Å². The molecule has 0 saturated carbocycles. The minimum atomic E-state index is -0.126. The van der Waals surface area contributed by atoms with Crippen LogP contribution < -0.4 is 5.32 Å². The molecule has 0 saturated heterocycles. The Morgan fingerprint density at radius 3 is 2.31 bits per heavy atom. The van der Waals surface area contributed by atoms with E-state index in [-0.39, 0.29) is 17.9 Å². The van der Waals surface area contributed by atoms with Crippen LogP contribution in [0.4, 0.5) is 0 Å². The van der Waals surface area contributed by atoms with Crippen molar-refractivity contribution in [2.24, 2.45) is 0 Å². The van der Waals surface area contributed by atoms with Gasteiger partial charge in [0, 0.05) is 5.56 Å². The SMILES string of the molecule is C#CCNC(=O)c1ccc(C(C)(C)C)cc1. The molecule has 1 rings (SSSR count). The predicted octanol–water partition coefficient (Wildman–Crippen LogP) is 2.35. The average Bonchev–Trinajstić information content (AvgIpc) is 2.25. The molecule has 0 spiro atoms. The van der Waals surface area contributed by atoms with Crippen LogP contribution in [-0.4, -0.2) is 12.5 Å². The molecule has 0 unspecified atom stereocenters. The highest BCUT2D eigenvalue weighted by Crippen LogP contribution is 2.22. The highest BCUT2D eigenvalue weighted by Gasteiger charge is 2.13. The van der Waals surface area contributed by atoms with Gasteiger partial charge in [-0.15, -0.1) is 6.42 Å². The van der Waals surface area contributed by atoms with E-state index >= 15 is 0 Å². The van der Waals surface area contributed by atoms with Crippen LogP contribution in [0.5, 0.6) is 0 Å². The molecule has 0 aliphatic carbocycles. The van der Waals surface area contributed by atoms with Crippen molar-refractivity contribution >= 4 is 5.91 Å². The molecule has 1 amide bonds. The van der Waals surface area contributed by atoms with Crippen molar-refractivity contribution in [1.29, 1.82) is 0 Å². The smallest absolute Gasteiger partial charge is 0.252 e. The summed E-state index contributed by atoms with van der Waals surface area (Å²) >= 11 is 0. The number of terminal acetylenes is 1. The van der Waals surface area contributed by atoms with Gasteiger partial charge in [-0.25, -0.2) is 0 Å². The van der Waals surface area contributed by atoms with Crippen molar-refractivity contribution in [3.05, 3.63) is 35.4 Å². The summed E-state index contributed by atoms with van der Waals surface area (Å²) in [5.74, 6) is 2.25. The van der Waals surface area contributed by atoms with Gasteiger partial charge in [-0.1, -0.05) is 38.8 Å². The van der Waals surface area contributed by atoms with Crippen molar-refractivity contribution in [3.8, 4) is 12.3 Å². The van der Waals surface area contributed by atoms with Crippen molar-refractivity contribution in [2.75, 3.05) is 6.54 Å². The van der Waals surface area contributed by atoms with Gasteiger partial charge in [0.25, 0.3) is 5.91 Å². The lowest BCUT2D eigenvalue weighted by atomic mass is 9.87. The lowest BCUT2D eigenvalue weighted by Crippen LogP contribution is -2.23. The number of amides is 1. The van der Waals surface area contributed by atoms with E-state index in [9.17, 15) is 4.79 Å². The first-order chi connectivity index (χ1) is 7.45.